The summed E-state index contributed by atoms with van der Waals surface area (Å²) < 4.78 is 0. The van der Waals surface area contributed by atoms with E-state index in [1.807, 2.05) is 13.0 Å². The smallest absolute Gasteiger partial charge is 0.151 e. The number of hydrogen-bond acceptors (Lipinski definition) is 4. The van der Waals surface area contributed by atoms with E-state index in [2.05, 4.69) is 33.4 Å². The minimum absolute atomic E-state index is 0.744. The van der Waals surface area contributed by atoms with Gasteiger partial charge in [0.15, 0.2) is 5.82 Å². The first-order valence-corrected chi connectivity index (χ1v) is 7.05. The fraction of sp³-hybridized carbons (Fsp3) is 0.714. The van der Waals surface area contributed by atoms with Gasteiger partial charge in [0.05, 0.1) is 5.69 Å². The third-order valence-corrected chi connectivity index (χ3v) is 3.49. The molecule has 1 aliphatic rings. The van der Waals surface area contributed by atoms with Gasteiger partial charge >= 0.3 is 0 Å². The molecule has 0 saturated carbocycles. The van der Waals surface area contributed by atoms with Crippen molar-refractivity contribution in [3.8, 4) is 0 Å². The SMILES string of the molecule is CCCNCC1CCCN(c2ccc(C)nn2)C1. The van der Waals surface area contributed by atoms with Crippen LogP contribution in [0.15, 0.2) is 12.1 Å². The van der Waals surface area contributed by atoms with Crippen molar-refractivity contribution >= 4 is 5.82 Å². The van der Waals surface area contributed by atoms with Crippen molar-refractivity contribution in [2.24, 2.45) is 5.92 Å². The molecule has 1 aromatic heterocycles. The minimum atomic E-state index is 0.744. The second-order valence-corrected chi connectivity index (χ2v) is 5.19. The van der Waals surface area contributed by atoms with E-state index in [-0.39, 0.29) is 0 Å². The lowest BCUT2D eigenvalue weighted by atomic mass is 9.98. The Kier molecular flexibility index (Phi) is 4.93. The maximum Gasteiger partial charge on any atom is 0.151 e. The fourth-order valence-electron chi connectivity index (χ4n) is 2.48. The summed E-state index contributed by atoms with van der Waals surface area (Å²) in [5.41, 5.74) is 0.983. The van der Waals surface area contributed by atoms with E-state index < -0.39 is 0 Å². The predicted molar refractivity (Wildman–Crippen MR) is 74.9 cm³/mol. The number of piperidine rings is 1. The molecular formula is C14H24N4. The van der Waals surface area contributed by atoms with E-state index in [9.17, 15) is 0 Å². The molecule has 1 N–H and O–H groups in total. The van der Waals surface area contributed by atoms with Crippen molar-refractivity contribution in [1.82, 2.24) is 15.5 Å². The molecule has 0 spiro atoms. The van der Waals surface area contributed by atoms with Crippen LogP contribution in [0.1, 0.15) is 31.9 Å². The Balaban J connectivity index is 1.88. The third kappa shape index (κ3) is 3.67. The van der Waals surface area contributed by atoms with Crippen molar-refractivity contribution in [3.05, 3.63) is 17.8 Å². The molecule has 0 aliphatic carbocycles. The maximum absolute atomic E-state index is 4.29. The van der Waals surface area contributed by atoms with Gasteiger partial charge in [-0.3, -0.25) is 0 Å². The van der Waals surface area contributed by atoms with Gasteiger partial charge in [0.2, 0.25) is 0 Å². The third-order valence-electron chi connectivity index (χ3n) is 3.49. The van der Waals surface area contributed by atoms with Crippen LogP contribution < -0.4 is 10.2 Å². The number of anilines is 1. The van der Waals surface area contributed by atoms with Crippen LogP contribution in [-0.2, 0) is 0 Å². The van der Waals surface area contributed by atoms with E-state index in [4.69, 9.17) is 0 Å². The molecule has 4 heteroatoms. The Morgan fingerprint density at radius 2 is 2.28 bits per heavy atom. The summed E-state index contributed by atoms with van der Waals surface area (Å²) in [6, 6.07) is 4.13. The minimum Gasteiger partial charge on any atom is -0.355 e. The van der Waals surface area contributed by atoms with Gasteiger partial charge < -0.3 is 10.2 Å². The van der Waals surface area contributed by atoms with Crippen LogP contribution in [0.25, 0.3) is 0 Å². The zero-order valence-electron chi connectivity index (χ0n) is 11.5. The number of aryl methyl sites for hydroxylation is 1. The van der Waals surface area contributed by atoms with Crippen molar-refractivity contribution in [2.75, 3.05) is 31.1 Å². The molecule has 0 radical (unpaired) electrons. The predicted octanol–water partition coefficient (Wildman–Crippen LogP) is 2.00. The van der Waals surface area contributed by atoms with Crippen LogP contribution >= 0.6 is 0 Å². The van der Waals surface area contributed by atoms with Crippen molar-refractivity contribution < 1.29 is 0 Å². The molecule has 4 nitrogen and oxygen atoms in total. The number of hydrogen-bond donors (Lipinski definition) is 1. The number of nitrogens with one attached hydrogen (secondary N) is 1. The van der Waals surface area contributed by atoms with Gasteiger partial charge in [0.25, 0.3) is 0 Å². The molecule has 1 aliphatic heterocycles. The van der Waals surface area contributed by atoms with Gasteiger partial charge in [-0.25, -0.2) is 0 Å². The zero-order valence-corrected chi connectivity index (χ0v) is 11.5. The molecule has 0 aromatic carbocycles. The van der Waals surface area contributed by atoms with Gasteiger partial charge in [0.1, 0.15) is 0 Å². The van der Waals surface area contributed by atoms with Crippen LogP contribution in [0.3, 0.4) is 0 Å². The second kappa shape index (κ2) is 6.69. The summed E-state index contributed by atoms with van der Waals surface area (Å²) in [5, 5.41) is 12.0. The molecule has 1 aromatic rings. The lowest BCUT2D eigenvalue weighted by Crippen LogP contribution is -2.40. The molecule has 2 heterocycles. The Morgan fingerprint density at radius 1 is 1.39 bits per heavy atom. The van der Waals surface area contributed by atoms with E-state index in [0.29, 0.717) is 0 Å². The van der Waals surface area contributed by atoms with E-state index in [1.54, 1.807) is 0 Å². The van der Waals surface area contributed by atoms with Crippen LogP contribution in [0.2, 0.25) is 0 Å². The van der Waals surface area contributed by atoms with Crippen LogP contribution in [-0.4, -0.2) is 36.4 Å². The van der Waals surface area contributed by atoms with Gasteiger partial charge in [0, 0.05) is 13.1 Å². The van der Waals surface area contributed by atoms with E-state index in [0.717, 1.165) is 43.6 Å². The summed E-state index contributed by atoms with van der Waals surface area (Å²) in [7, 11) is 0. The molecule has 0 amide bonds. The lowest BCUT2D eigenvalue weighted by Gasteiger charge is -2.33. The molecule has 1 atom stereocenters. The Hall–Kier alpha value is -1.16. The largest absolute Gasteiger partial charge is 0.355 e. The highest BCUT2D eigenvalue weighted by Crippen LogP contribution is 2.20. The van der Waals surface area contributed by atoms with Crippen LogP contribution in [0.4, 0.5) is 5.82 Å². The molecule has 2 rings (SSSR count). The fourth-order valence-corrected chi connectivity index (χ4v) is 2.48. The normalized spacial score (nSPS) is 20.1. The standard InChI is InChI=1S/C14H24N4/c1-3-8-15-10-13-5-4-9-18(11-13)14-7-6-12(2)16-17-14/h6-7,13,15H,3-5,8-11H2,1-2H3. The molecule has 1 fully saturated rings. The monoisotopic (exact) mass is 248 g/mol. The zero-order chi connectivity index (χ0) is 12.8. The number of nitrogens with zero attached hydrogens (tertiary/aromatic N) is 3. The quantitative estimate of drug-likeness (QED) is 0.809. The highest BCUT2D eigenvalue weighted by Gasteiger charge is 2.20. The van der Waals surface area contributed by atoms with Gasteiger partial charge in [-0.15, -0.1) is 5.10 Å². The second-order valence-electron chi connectivity index (χ2n) is 5.19. The first-order chi connectivity index (χ1) is 8.79. The number of rotatable bonds is 5. The molecular weight excluding hydrogens is 224 g/mol. The molecule has 1 unspecified atom stereocenters. The molecule has 0 bridgehead atoms. The summed E-state index contributed by atoms with van der Waals surface area (Å²) in [6.07, 6.45) is 3.79. The average molecular weight is 248 g/mol. The Bertz CT molecular complexity index is 349. The van der Waals surface area contributed by atoms with Crippen molar-refractivity contribution in [3.63, 3.8) is 0 Å². The highest BCUT2D eigenvalue weighted by atomic mass is 15.3. The lowest BCUT2D eigenvalue weighted by molar-refractivity contribution is 0.390. The van der Waals surface area contributed by atoms with Gasteiger partial charge in [-0.2, -0.15) is 5.10 Å². The Labute approximate surface area is 110 Å². The first kappa shape index (κ1) is 13.3. The topological polar surface area (TPSA) is 41.0 Å². The number of aromatic nitrogens is 2. The van der Waals surface area contributed by atoms with Crippen LogP contribution in [0, 0.1) is 12.8 Å². The maximum atomic E-state index is 4.29. The molecule has 1 saturated heterocycles. The summed E-state index contributed by atoms with van der Waals surface area (Å²) >= 11 is 0. The van der Waals surface area contributed by atoms with E-state index >= 15 is 0 Å². The summed E-state index contributed by atoms with van der Waals surface area (Å²) in [4.78, 5) is 2.37. The summed E-state index contributed by atoms with van der Waals surface area (Å²) in [5.74, 6) is 1.77. The van der Waals surface area contributed by atoms with Gasteiger partial charge in [-0.1, -0.05) is 6.92 Å². The van der Waals surface area contributed by atoms with Crippen molar-refractivity contribution in [2.45, 2.75) is 33.1 Å². The van der Waals surface area contributed by atoms with Crippen LogP contribution in [0.5, 0.6) is 0 Å². The Morgan fingerprint density at radius 3 is 3.00 bits per heavy atom. The molecule has 100 valence electrons. The van der Waals surface area contributed by atoms with Gasteiger partial charge in [-0.05, 0) is 57.3 Å². The molecule has 18 heavy (non-hydrogen) atoms. The van der Waals surface area contributed by atoms with Crippen molar-refractivity contribution in [1.29, 1.82) is 0 Å². The summed E-state index contributed by atoms with van der Waals surface area (Å²) in [6.45, 7) is 8.66. The average Bonchev–Trinajstić information content (AvgIpc) is 2.40. The van der Waals surface area contributed by atoms with E-state index in [1.165, 1.54) is 19.3 Å². The highest BCUT2D eigenvalue weighted by molar-refractivity contribution is 5.37. The first-order valence-electron chi connectivity index (χ1n) is 7.05.